The fraction of sp³-hybridized carbons (Fsp3) is 0.875. The minimum absolute atomic E-state index is 0.144. The Morgan fingerprint density at radius 3 is 2.10 bits per heavy atom. The highest BCUT2D eigenvalue weighted by Crippen LogP contribution is 2.26. The van der Waals surface area contributed by atoms with E-state index in [1.165, 1.54) is 25.7 Å². The van der Waals surface area contributed by atoms with Crippen molar-refractivity contribution < 1.29 is 14.7 Å². The average molecular weight is 298 g/mol. The van der Waals surface area contributed by atoms with Crippen LogP contribution in [0.25, 0.3) is 0 Å². The number of carbonyl (C=O) groups is 2. The highest BCUT2D eigenvalue weighted by molar-refractivity contribution is 5.78. The number of hydrogen-bond donors (Lipinski definition) is 2. The minimum Gasteiger partial charge on any atom is -0.481 e. The molecule has 0 aliphatic heterocycles. The van der Waals surface area contributed by atoms with Gasteiger partial charge in [-0.25, -0.2) is 4.79 Å². The molecule has 1 rings (SSSR count). The first kappa shape index (κ1) is 17.8. The van der Waals surface area contributed by atoms with Gasteiger partial charge < -0.3 is 15.3 Å². The van der Waals surface area contributed by atoms with Crippen LogP contribution in [0.15, 0.2) is 0 Å². The number of carboxylic acids is 1. The Bertz CT molecular complexity index is 345. The van der Waals surface area contributed by atoms with Gasteiger partial charge in [-0.3, -0.25) is 4.79 Å². The molecule has 0 atom stereocenters. The first-order chi connectivity index (χ1) is 9.96. The van der Waals surface area contributed by atoms with Gasteiger partial charge in [-0.05, 0) is 25.7 Å². The van der Waals surface area contributed by atoms with Crippen LogP contribution in [0.4, 0.5) is 4.79 Å². The zero-order valence-electron chi connectivity index (χ0n) is 13.7. The van der Waals surface area contributed by atoms with Crippen LogP contribution in [-0.4, -0.2) is 41.6 Å². The van der Waals surface area contributed by atoms with Crippen LogP contribution in [0.2, 0.25) is 0 Å². The zero-order valence-corrected chi connectivity index (χ0v) is 13.7. The van der Waals surface area contributed by atoms with Gasteiger partial charge in [-0.1, -0.05) is 39.5 Å². The van der Waals surface area contributed by atoms with Gasteiger partial charge >= 0.3 is 12.0 Å². The van der Waals surface area contributed by atoms with Crippen LogP contribution < -0.4 is 5.32 Å². The summed E-state index contributed by atoms with van der Waals surface area (Å²) in [5.41, 5.74) is -0.847. The third-order valence-corrected chi connectivity index (χ3v) is 5.08. The molecule has 0 aromatic carbocycles. The maximum absolute atomic E-state index is 12.3. The number of aliphatic carboxylic acids is 1. The van der Waals surface area contributed by atoms with Crippen molar-refractivity contribution in [2.45, 2.75) is 71.3 Å². The molecule has 0 bridgehead atoms. The third kappa shape index (κ3) is 4.61. The summed E-state index contributed by atoms with van der Waals surface area (Å²) in [4.78, 5) is 25.5. The van der Waals surface area contributed by atoms with E-state index in [0.717, 1.165) is 12.8 Å². The Kier molecular flexibility index (Phi) is 6.99. The molecule has 21 heavy (non-hydrogen) atoms. The summed E-state index contributed by atoms with van der Waals surface area (Å²) in [5, 5.41) is 12.2. The maximum Gasteiger partial charge on any atom is 0.317 e. The lowest BCUT2D eigenvalue weighted by Crippen LogP contribution is -2.48. The number of hydrogen-bond acceptors (Lipinski definition) is 2. The highest BCUT2D eigenvalue weighted by Gasteiger charge is 2.35. The second kappa shape index (κ2) is 8.25. The summed E-state index contributed by atoms with van der Waals surface area (Å²) in [6.07, 6.45) is 7.99. The highest BCUT2D eigenvalue weighted by atomic mass is 16.4. The Morgan fingerprint density at radius 2 is 1.67 bits per heavy atom. The van der Waals surface area contributed by atoms with Gasteiger partial charge in [0.1, 0.15) is 0 Å². The molecule has 0 heterocycles. The lowest BCUT2D eigenvalue weighted by Gasteiger charge is -2.31. The van der Waals surface area contributed by atoms with Gasteiger partial charge in [0.2, 0.25) is 0 Å². The average Bonchev–Trinajstić information content (AvgIpc) is 2.76. The number of nitrogens with zero attached hydrogens (tertiary/aromatic N) is 1. The van der Waals surface area contributed by atoms with E-state index in [9.17, 15) is 14.7 Å². The van der Waals surface area contributed by atoms with Crippen molar-refractivity contribution in [2.24, 2.45) is 5.41 Å². The molecule has 1 aliphatic carbocycles. The lowest BCUT2D eigenvalue weighted by molar-refractivity contribution is -0.149. The smallest absolute Gasteiger partial charge is 0.317 e. The number of nitrogens with one attached hydrogen (secondary N) is 1. The summed E-state index contributed by atoms with van der Waals surface area (Å²) >= 11 is 0. The molecular formula is C16H30N2O3. The van der Waals surface area contributed by atoms with Crippen molar-refractivity contribution in [2.75, 3.05) is 13.6 Å². The van der Waals surface area contributed by atoms with E-state index in [0.29, 0.717) is 12.8 Å². The van der Waals surface area contributed by atoms with Crippen LogP contribution in [0.1, 0.15) is 65.2 Å². The first-order valence-corrected chi connectivity index (χ1v) is 8.21. The summed E-state index contributed by atoms with van der Waals surface area (Å²) < 4.78 is 0. The van der Waals surface area contributed by atoms with Gasteiger partial charge in [-0.15, -0.1) is 0 Å². The van der Waals surface area contributed by atoms with Crippen molar-refractivity contribution in [3.8, 4) is 0 Å². The second-order valence-electron chi connectivity index (χ2n) is 6.21. The molecule has 0 radical (unpaired) electrons. The Morgan fingerprint density at radius 1 is 1.14 bits per heavy atom. The van der Waals surface area contributed by atoms with E-state index < -0.39 is 11.4 Å². The second-order valence-corrected chi connectivity index (χ2v) is 6.21. The molecule has 5 heteroatoms. The monoisotopic (exact) mass is 298 g/mol. The van der Waals surface area contributed by atoms with Gasteiger partial charge in [0.15, 0.2) is 0 Å². The molecule has 1 fully saturated rings. The van der Waals surface area contributed by atoms with Crippen molar-refractivity contribution in [1.29, 1.82) is 0 Å². The largest absolute Gasteiger partial charge is 0.481 e. The van der Waals surface area contributed by atoms with E-state index in [2.05, 4.69) is 5.32 Å². The summed E-state index contributed by atoms with van der Waals surface area (Å²) in [6, 6.07) is 0.143. The van der Waals surface area contributed by atoms with E-state index in [1.807, 2.05) is 20.9 Å². The van der Waals surface area contributed by atoms with Gasteiger partial charge in [-0.2, -0.15) is 0 Å². The molecule has 0 saturated heterocycles. The predicted octanol–water partition coefficient (Wildman–Crippen LogP) is 3.24. The maximum atomic E-state index is 12.3. The Labute approximate surface area is 128 Å². The molecule has 122 valence electrons. The molecule has 1 aliphatic rings. The molecule has 0 aromatic rings. The van der Waals surface area contributed by atoms with Crippen LogP contribution in [0.5, 0.6) is 0 Å². The molecule has 0 spiro atoms. The summed E-state index contributed by atoms with van der Waals surface area (Å²) in [5.74, 6) is -0.829. The van der Waals surface area contributed by atoms with Crippen LogP contribution in [-0.2, 0) is 4.79 Å². The van der Waals surface area contributed by atoms with Gasteiger partial charge in [0.05, 0.1) is 5.41 Å². The normalized spacial score (nSPS) is 17.1. The summed E-state index contributed by atoms with van der Waals surface area (Å²) in [7, 11) is 1.83. The van der Waals surface area contributed by atoms with Crippen LogP contribution >= 0.6 is 0 Å². The quantitative estimate of drug-likeness (QED) is 0.740. The topological polar surface area (TPSA) is 69.6 Å². The van der Waals surface area contributed by atoms with E-state index in [1.54, 1.807) is 4.90 Å². The zero-order chi connectivity index (χ0) is 15.9. The lowest BCUT2D eigenvalue weighted by atomic mass is 9.82. The van der Waals surface area contributed by atoms with Crippen LogP contribution in [0, 0.1) is 5.41 Å². The third-order valence-electron chi connectivity index (χ3n) is 5.08. The number of carboxylic acid groups (broad SMARTS) is 1. The van der Waals surface area contributed by atoms with E-state index in [-0.39, 0.29) is 18.6 Å². The number of carbonyl (C=O) groups excluding carboxylic acids is 1. The predicted molar refractivity (Wildman–Crippen MR) is 83.3 cm³/mol. The number of rotatable bonds is 6. The Balaban J connectivity index is 2.56. The van der Waals surface area contributed by atoms with E-state index >= 15 is 0 Å². The van der Waals surface area contributed by atoms with Gasteiger partial charge in [0, 0.05) is 19.6 Å². The fourth-order valence-electron chi connectivity index (χ4n) is 3.06. The summed E-state index contributed by atoms with van der Waals surface area (Å²) in [6.45, 7) is 3.92. The molecule has 2 amide bonds. The van der Waals surface area contributed by atoms with Crippen molar-refractivity contribution >= 4 is 12.0 Å². The molecule has 0 unspecified atom stereocenters. The first-order valence-electron chi connectivity index (χ1n) is 8.21. The Hall–Kier alpha value is -1.26. The van der Waals surface area contributed by atoms with Gasteiger partial charge in [0.25, 0.3) is 0 Å². The molecule has 0 aromatic heterocycles. The number of amides is 2. The SMILES string of the molecule is CCC(CC)(CNC(=O)N(C)C1CCCCCC1)C(=O)O. The fourth-order valence-corrected chi connectivity index (χ4v) is 3.06. The molecule has 2 N–H and O–H groups in total. The molecule has 1 saturated carbocycles. The minimum atomic E-state index is -0.847. The van der Waals surface area contributed by atoms with Crippen molar-refractivity contribution in [3.05, 3.63) is 0 Å². The van der Waals surface area contributed by atoms with Crippen LogP contribution in [0.3, 0.4) is 0 Å². The number of urea groups is 1. The van der Waals surface area contributed by atoms with Crippen molar-refractivity contribution in [1.82, 2.24) is 10.2 Å². The molecule has 5 nitrogen and oxygen atoms in total. The van der Waals surface area contributed by atoms with Crippen molar-refractivity contribution in [3.63, 3.8) is 0 Å². The standard InChI is InChI=1S/C16H30N2O3/c1-4-16(5-2,14(19)20)12-17-15(21)18(3)13-10-8-6-7-9-11-13/h13H,4-12H2,1-3H3,(H,17,21)(H,19,20). The molecular weight excluding hydrogens is 268 g/mol. The van der Waals surface area contributed by atoms with E-state index in [4.69, 9.17) is 0 Å².